The minimum atomic E-state index is -0.0678. The van der Waals surface area contributed by atoms with Crippen LogP contribution in [0.1, 0.15) is 41.5 Å². The first kappa shape index (κ1) is 16.7. The summed E-state index contributed by atoms with van der Waals surface area (Å²) in [5.41, 5.74) is 3.63. The second-order valence-corrected chi connectivity index (χ2v) is 6.69. The lowest BCUT2D eigenvalue weighted by Gasteiger charge is -2.28. The summed E-state index contributed by atoms with van der Waals surface area (Å²) in [5, 5.41) is 9.41. The van der Waals surface area contributed by atoms with Crippen LogP contribution in [0.5, 0.6) is 0 Å². The minimum Gasteiger partial charge on any atom is -0.396 e. The van der Waals surface area contributed by atoms with Gasteiger partial charge in [0.25, 0.3) is 0 Å². The zero-order valence-corrected chi connectivity index (χ0v) is 14.4. The van der Waals surface area contributed by atoms with E-state index in [1.54, 1.807) is 0 Å². The predicted molar refractivity (Wildman–Crippen MR) is 95.7 cm³/mol. The zero-order chi connectivity index (χ0) is 17.1. The van der Waals surface area contributed by atoms with Gasteiger partial charge >= 0.3 is 0 Å². The largest absolute Gasteiger partial charge is 0.396 e. The predicted octanol–water partition coefficient (Wildman–Crippen LogP) is 3.68. The summed E-state index contributed by atoms with van der Waals surface area (Å²) in [4.78, 5) is 14.8. The molecule has 0 aromatic heterocycles. The molecule has 3 unspecified atom stereocenters. The summed E-state index contributed by atoms with van der Waals surface area (Å²) in [6, 6.07) is 18.2. The van der Waals surface area contributed by atoms with Gasteiger partial charge in [0.1, 0.15) is 0 Å². The zero-order valence-electron chi connectivity index (χ0n) is 14.4. The van der Waals surface area contributed by atoms with Gasteiger partial charge in [-0.15, -0.1) is 0 Å². The van der Waals surface area contributed by atoms with Crippen molar-refractivity contribution in [2.75, 3.05) is 13.7 Å². The molecule has 3 nitrogen and oxygen atoms in total. The van der Waals surface area contributed by atoms with Gasteiger partial charge in [-0.25, -0.2) is 0 Å². The molecule has 1 saturated carbocycles. The molecule has 2 aromatic rings. The van der Waals surface area contributed by atoms with Crippen LogP contribution in [-0.4, -0.2) is 29.6 Å². The molecule has 126 valence electrons. The van der Waals surface area contributed by atoms with Crippen molar-refractivity contribution in [2.45, 2.75) is 31.7 Å². The number of nitrogens with zero attached hydrogens (tertiary/aromatic N) is 1. The molecule has 0 radical (unpaired) electrons. The van der Waals surface area contributed by atoms with E-state index in [-0.39, 0.29) is 24.5 Å². The monoisotopic (exact) mass is 323 g/mol. The highest BCUT2D eigenvalue weighted by molar-refractivity contribution is 5.83. The molecular weight excluding hydrogens is 298 g/mol. The Morgan fingerprint density at radius 1 is 1.17 bits per heavy atom. The van der Waals surface area contributed by atoms with Gasteiger partial charge in [-0.05, 0) is 42.4 Å². The smallest absolute Gasteiger partial charge is 0.226 e. The lowest BCUT2D eigenvalue weighted by atomic mass is 10.0. The lowest BCUT2D eigenvalue weighted by Crippen LogP contribution is -2.33. The third-order valence-corrected chi connectivity index (χ3v) is 5.10. The van der Waals surface area contributed by atoms with Crippen LogP contribution in [-0.2, 0) is 4.79 Å². The third kappa shape index (κ3) is 3.36. The Balaban J connectivity index is 1.74. The summed E-state index contributed by atoms with van der Waals surface area (Å²) >= 11 is 0. The van der Waals surface area contributed by atoms with Gasteiger partial charge in [0.05, 0.1) is 6.04 Å². The highest BCUT2D eigenvalue weighted by Gasteiger charge is 2.46. The molecule has 1 aliphatic rings. The van der Waals surface area contributed by atoms with Crippen LogP contribution < -0.4 is 0 Å². The number of aryl methyl sites for hydroxylation is 1. The van der Waals surface area contributed by atoms with Crippen molar-refractivity contribution < 1.29 is 9.90 Å². The Kier molecular flexibility index (Phi) is 5.00. The van der Waals surface area contributed by atoms with Gasteiger partial charge in [0, 0.05) is 19.6 Å². The standard InChI is InChI=1S/C21H25NO2/c1-15-8-6-7-11-17(15)18-14-19(18)21(24)22(2)20(12-13-23)16-9-4-3-5-10-16/h3-11,18-20,23H,12-14H2,1-2H3. The van der Waals surface area contributed by atoms with E-state index in [2.05, 4.69) is 19.1 Å². The molecule has 0 saturated heterocycles. The van der Waals surface area contributed by atoms with Gasteiger partial charge in [0.15, 0.2) is 0 Å². The van der Waals surface area contributed by atoms with Gasteiger partial charge in [0.2, 0.25) is 5.91 Å². The number of aliphatic hydroxyl groups is 1. The van der Waals surface area contributed by atoms with E-state index in [9.17, 15) is 9.90 Å². The topological polar surface area (TPSA) is 40.5 Å². The number of aliphatic hydroxyl groups excluding tert-OH is 1. The maximum atomic E-state index is 12.9. The Morgan fingerprint density at radius 2 is 1.83 bits per heavy atom. The summed E-state index contributed by atoms with van der Waals surface area (Å²) in [6.45, 7) is 2.18. The molecule has 3 atom stereocenters. The average molecular weight is 323 g/mol. The Hall–Kier alpha value is -2.13. The van der Waals surface area contributed by atoms with E-state index in [1.807, 2.05) is 54.4 Å². The first-order valence-corrected chi connectivity index (χ1v) is 8.61. The molecule has 3 heteroatoms. The molecule has 0 spiro atoms. The van der Waals surface area contributed by atoms with E-state index in [4.69, 9.17) is 0 Å². The Labute approximate surface area is 143 Å². The van der Waals surface area contributed by atoms with Crippen molar-refractivity contribution in [3.63, 3.8) is 0 Å². The van der Waals surface area contributed by atoms with Gasteiger partial charge in [-0.1, -0.05) is 54.6 Å². The van der Waals surface area contributed by atoms with Crippen LogP contribution >= 0.6 is 0 Å². The molecule has 3 rings (SSSR count). The third-order valence-electron chi connectivity index (χ3n) is 5.10. The summed E-state index contributed by atoms with van der Waals surface area (Å²) in [6.07, 6.45) is 1.49. The highest BCUT2D eigenvalue weighted by Crippen LogP contribution is 2.50. The molecule has 24 heavy (non-hydrogen) atoms. The summed E-state index contributed by atoms with van der Waals surface area (Å²) in [7, 11) is 1.86. The van der Waals surface area contributed by atoms with Crippen LogP contribution in [0, 0.1) is 12.8 Å². The number of carbonyl (C=O) groups excluding carboxylic acids is 1. The molecular formula is C21H25NO2. The quantitative estimate of drug-likeness (QED) is 0.881. The molecule has 1 aliphatic carbocycles. The number of rotatable bonds is 6. The maximum Gasteiger partial charge on any atom is 0.226 e. The Morgan fingerprint density at radius 3 is 2.50 bits per heavy atom. The van der Waals surface area contributed by atoms with Crippen molar-refractivity contribution in [1.29, 1.82) is 0 Å². The molecule has 1 amide bonds. The Bertz CT molecular complexity index is 698. The van der Waals surface area contributed by atoms with Crippen molar-refractivity contribution >= 4 is 5.91 Å². The average Bonchev–Trinajstić information content (AvgIpc) is 3.40. The van der Waals surface area contributed by atoms with E-state index < -0.39 is 0 Å². The molecule has 0 aliphatic heterocycles. The van der Waals surface area contributed by atoms with Crippen molar-refractivity contribution in [3.05, 3.63) is 71.3 Å². The fourth-order valence-electron chi connectivity index (χ4n) is 3.61. The lowest BCUT2D eigenvalue weighted by molar-refractivity contribution is -0.133. The maximum absolute atomic E-state index is 12.9. The first-order valence-electron chi connectivity index (χ1n) is 8.61. The fraction of sp³-hybridized carbons (Fsp3) is 0.381. The van der Waals surface area contributed by atoms with Gasteiger partial charge in [-0.2, -0.15) is 0 Å². The molecule has 0 heterocycles. The van der Waals surface area contributed by atoms with Gasteiger partial charge in [-0.3, -0.25) is 4.79 Å². The normalized spacial score (nSPS) is 20.5. The van der Waals surface area contributed by atoms with Crippen molar-refractivity contribution in [2.24, 2.45) is 5.92 Å². The highest BCUT2D eigenvalue weighted by atomic mass is 16.3. The van der Waals surface area contributed by atoms with Crippen LogP contribution in [0.3, 0.4) is 0 Å². The number of hydrogen-bond acceptors (Lipinski definition) is 2. The molecule has 1 N–H and O–H groups in total. The molecule has 2 aromatic carbocycles. The second-order valence-electron chi connectivity index (χ2n) is 6.69. The van der Waals surface area contributed by atoms with Crippen LogP contribution in [0.2, 0.25) is 0 Å². The second kappa shape index (κ2) is 7.18. The molecule has 0 bridgehead atoms. The number of benzene rings is 2. The van der Waals surface area contributed by atoms with E-state index in [0.29, 0.717) is 12.3 Å². The summed E-state index contributed by atoms with van der Waals surface area (Å²) < 4.78 is 0. The number of carbonyl (C=O) groups is 1. The minimum absolute atomic E-state index is 0.0678. The van der Waals surface area contributed by atoms with Gasteiger partial charge < -0.3 is 10.0 Å². The van der Waals surface area contributed by atoms with E-state index in [0.717, 1.165) is 12.0 Å². The van der Waals surface area contributed by atoms with Crippen molar-refractivity contribution in [3.8, 4) is 0 Å². The summed E-state index contributed by atoms with van der Waals surface area (Å²) in [5.74, 6) is 0.596. The first-order chi connectivity index (χ1) is 11.6. The van der Waals surface area contributed by atoms with Crippen LogP contribution in [0.25, 0.3) is 0 Å². The SMILES string of the molecule is Cc1ccccc1C1CC1C(=O)N(C)C(CCO)c1ccccc1. The van der Waals surface area contributed by atoms with Crippen LogP contribution in [0.4, 0.5) is 0 Å². The number of hydrogen-bond donors (Lipinski definition) is 1. The fourth-order valence-corrected chi connectivity index (χ4v) is 3.61. The van der Waals surface area contributed by atoms with Crippen molar-refractivity contribution in [1.82, 2.24) is 4.90 Å². The van der Waals surface area contributed by atoms with Crippen LogP contribution in [0.15, 0.2) is 54.6 Å². The van der Waals surface area contributed by atoms with E-state index >= 15 is 0 Å². The van der Waals surface area contributed by atoms with E-state index in [1.165, 1.54) is 11.1 Å². The number of amides is 1. The molecule has 1 fully saturated rings.